The Hall–Kier alpha value is -1.56. The van der Waals surface area contributed by atoms with Gasteiger partial charge in [0.05, 0.1) is 17.1 Å². The minimum absolute atomic E-state index is 0.280. The van der Waals surface area contributed by atoms with Crippen molar-refractivity contribution in [3.8, 4) is 0 Å². The second-order valence-corrected chi connectivity index (χ2v) is 6.04. The van der Waals surface area contributed by atoms with E-state index in [1.54, 1.807) is 13.0 Å². The Bertz CT molecular complexity index is 536. The molecule has 1 atom stereocenters. The van der Waals surface area contributed by atoms with E-state index in [1.165, 1.54) is 6.07 Å². The highest BCUT2D eigenvalue weighted by molar-refractivity contribution is 5.86. The first-order valence-corrected chi connectivity index (χ1v) is 7.49. The molecule has 0 saturated heterocycles. The van der Waals surface area contributed by atoms with Gasteiger partial charge in [0.25, 0.3) is 0 Å². The van der Waals surface area contributed by atoms with E-state index in [1.807, 2.05) is 0 Å². The van der Waals surface area contributed by atoms with Crippen molar-refractivity contribution in [3.63, 3.8) is 0 Å². The number of nitrogens with two attached hydrogens (primary N) is 1. The standard InChI is InChI=1S/C16H21F3N2O/c1-11(12-6-5-7-13(10-12)16(17,18)19)21-14(22)15(20)8-3-2-4-9-15/h5-7,10-11H,2-4,8-9,20H2,1H3,(H,21,22). The first kappa shape index (κ1) is 16.8. The molecule has 1 aromatic carbocycles. The molecule has 0 heterocycles. The Balaban J connectivity index is 2.09. The van der Waals surface area contributed by atoms with Gasteiger partial charge in [-0.25, -0.2) is 0 Å². The molecule has 1 saturated carbocycles. The highest BCUT2D eigenvalue weighted by atomic mass is 19.4. The maximum atomic E-state index is 12.7. The molecular formula is C16H21F3N2O. The zero-order valence-electron chi connectivity index (χ0n) is 12.5. The molecule has 1 aliphatic carbocycles. The molecule has 2 rings (SSSR count). The molecule has 3 nitrogen and oxygen atoms in total. The summed E-state index contributed by atoms with van der Waals surface area (Å²) in [7, 11) is 0. The molecule has 0 aliphatic heterocycles. The number of carbonyl (C=O) groups is 1. The van der Waals surface area contributed by atoms with Gasteiger partial charge in [0.15, 0.2) is 0 Å². The second kappa shape index (κ2) is 6.28. The molecule has 22 heavy (non-hydrogen) atoms. The van der Waals surface area contributed by atoms with Crippen LogP contribution in [0.5, 0.6) is 0 Å². The average Bonchev–Trinajstić information content (AvgIpc) is 2.47. The van der Waals surface area contributed by atoms with Crippen molar-refractivity contribution in [1.82, 2.24) is 5.32 Å². The number of carbonyl (C=O) groups excluding carboxylic acids is 1. The summed E-state index contributed by atoms with van der Waals surface area (Å²) in [5.74, 6) is -0.280. The number of hydrogen-bond donors (Lipinski definition) is 2. The lowest BCUT2D eigenvalue weighted by atomic mass is 9.81. The third-order valence-corrected chi connectivity index (χ3v) is 4.26. The molecule has 1 amide bonds. The first-order valence-electron chi connectivity index (χ1n) is 7.49. The molecule has 6 heteroatoms. The molecule has 1 fully saturated rings. The lowest BCUT2D eigenvalue weighted by Crippen LogP contribution is -2.55. The van der Waals surface area contributed by atoms with Crippen LogP contribution in [0.25, 0.3) is 0 Å². The fourth-order valence-corrected chi connectivity index (χ4v) is 2.82. The number of rotatable bonds is 3. The third-order valence-electron chi connectivity index (χ3n) is 4.26. The van der Waals surface area contributed by atoms with Gasteiger partial charge in [0.1, 0.15) is 0 Å². The van der Waals surface area contributed by atoms with Gasteiger partial charge in [-0.2, -0.15) is 13.2 Å². The molecule has 1 aromatic rings. The summed E-state index contributed by atoms with van der Waals surface area (Å²) >= 11 is 0. The second-order valence-electron chi connectivity index (χ2n) is 6.04. The summed E-state index contributed by atoms with van der Waals surface area (Å²) in [6, 6.07) is 4.49. The van der Waals surface area contributed by atoms with Crippen LogP contribution in [0.3, 0.4) is 0 Å². The Morgan fingerprint density at radius 1 is 1.27 bits per heavy atom. The van der Waals surface area contributed by atoms with Gasteiger partial charge in [-0.15, -0.1) is 0 Å². The summed E-state index contributed by atoms with van der Waals surface area (Å²) in [4.78, 5) is 12.3. The fourth-order valence-electron chi connectivity index (χ4n) is 2.82. The average molecular weight is 314 g/mol. The van der Waals surface area contributed by atoms with Gasteiger partial charge >= 0.3 is 6.18 Å². The van der Waals surface area contributed by atoms with E-state index in [9.17, 15) is 18.0 Å². The van der Waals surface area contributed by atoms with Gasteiger partial charge in [-0.1, -0.05) is 31.4 Å². The van der Waals surface area contributed by atoms with E-state index in [2.05, 4.69) is 5.32 Å². The van der Waals surface area contributed by atoms with Gasteiger partial charge in [0, 0.05) is 0 Å². The van der Waals surface area contributed by atoms with Crippen molar-refractivity contribution in [2.75, 3.05) is 0 Å². The van der Waals surface area contributed by atoms with E-state index < -0.39 is 23.3 Å². The SMILES string of the molecule is CC(NC(=O)C1(N)CCCCC1)c1cccc(C(F)(F)F)c1. The van der Waals surface area contributed by atoms with Gasteiger partial charge < -0.3 is 11.1 Å². The van der Waals surface area contributed by atoms with Crippen molar-refractivity contribution in [2.24, 2.45) is 5.73 Å². The molecule has 1 unspecified atom stereocenters. The molecule has 1 aliphatic rings. The number of hydrogen-bond acceptors (Lipinski definition) is 2. The summed E-state index contributed by atoms with van der Waals surface area (Å²) in [6.45, 7) is 1.67. The van der Waals surface area contributed by atoms with Gasteiger partial charge in [-0.05, 0) is 37.5 Å². The Morgan fingerprint density at radius 3 is 2.50 bits per heavy atom. The van der Waals surface area contributed by atoms with Crippen molar-refractivity contribution >= 4 is 5.91 Å². The fraction of sp³-hybridized carbons (Fsp3) is 0.562. The number of amides is 1. The van der Waals surface area contributed by atoms with Crippen LogP contribution in [-0.4, -0.2) is 11.4 Å². The number of halogens is 3. The summed E-state index contributed by atoms with van der Waals surface area (Å²) < 4.78 is 38.2. The van der Waals surface area contributed by atoms with Crippen molar-refractivity contribution < 1.29 is 18.0 Å². The molecule has 0 aromatic heterocycles. The predicted molar refractivity (Wildman–Crippen MR) is 78.0 cm³/mol. The van der Waals surface area contributed by atoms with E-state index in [0.29, 0.717) is 18.4 Å². The van der Waals surface area contributed by atoms with Crippen LogP contribution < -0.4 is 11.1 Å². The van der Waals surface area contributed by atoms with Crippen LogP contribution >= 0.6 is 0 Å². The molecule has 0 spiro atoms. The largest absolute Gasteiger partial charge is 0.416 e. The van der Waals surface area contributed by atoms with Gasteiger partial charge in [-0.3, -0.25) is 4.79 Å². The van der Waals surface area contributed by atoms with Crippen LogP contribution in [0.15, 0.2) is 24.3 Å². The Morgan fingerprint density at radius 2 is 1.91 bits per heavy atom. The lowest BCUT2D eigenvalue weighted by Gasteiger charge is -2.33. The number of benzene rings is 1. The number of nitrogens with one attached hydrogen (secondary N) is 1. The highest BCUT2D eigenvalue weighted by Crippen LogP contribution is 2.31. The molecule has 122 valence electrons. The quantitative estimate of drug-likeness (QED) is 0.896. The smallest absolute Gasteiger partial charge is 0.348 e. The summed E-state index contributed by atoms with van der Waals surface area (Å²) in [6.07, 6.45) is -0.278. The first-order chi connectivity index (χ1) is 10.2. The van der Waals surface area contributed by atoms with Crippen molar-refractivity contribution in [2.45, 2.75) is 56.8 Å². The van der Waals surface area contributed by atoms with E-state index in [4.69, 9.17) is 5.73 Å². The Kier molecular flexibility index (Phi) is 4.80. The predicted octanol–water partition coefficient (Wildman–Crippen LogP) is 3.54. The normalized spacial score (nSPS) is 19.5. The Labute approximate surface area is 128 Å². The maximum Gasteiger partial charge on any atom is 0.416 e. The molecule has 3 N–H and O–H groups in total. The lowest BCUT2D eigenvalue weighted by molar-refractivity contribution is -0.137. The van der Waals surface area contributed by atoms with Gasteiger partial charge in [0.2, 0.25) is 5.91 Å². The summed E-state index contributed by atoms with van der Waals surface area (Å²) in [5, 5.41) is 2.75. The zero-order chi connectivity index (χ0) is 16.4. The minimum Gasteiger partial charge on any atom is -0.348 e. The van der Waals surface area contributed by atoms with E-state index in [0.717, 1.165) is 31.4 Å². The maximum absolute atomic E-state index is 12.7. The van der Waals surface area contributed by atoms with Crippen LogP contribution in [0.1, 0.15) is 56.2 Å². The monoisotopic (exact) mass is 314 g/mol. The molecule has 0 radical (unpaired) electrons. The molecule has 0 bridgehead atoms. The zero-order valence-corrected chi connectivity index (χ0v) is 12.5. The minimum atomic E-state index is -4.39. The van der Waals surface area contributed by atoms with Crippen molar-refractivity contribution in [1.29, 1.82) is 0 Å². The van der Waals surface area contributed by atoms with Crippen LogP contribution in [0.4, 0.5) is 13.2 Å². The third kappa shape index (κ3) is 3.80. The van der Waals surface area contributed by atoms with E-state index >= 15 is 0 Å². The van der Waals surface area contributed by atoms with Crippen LogP contribution in [0, 0.1) is 0 Å². The molecular weight excluding hydrogens is 293 g/mol. The van der Waals surface area contributed by atoms with Crippen LogP contribution in [0.2, 0.25) is 0 Å². The van der Waals surface area contributed by atoms with E-state index in [-0.39, 0.29) is 5.91 Å². The topological polar surface area (TPSA) is 55.1 Å². The van der Waals surface area contributed by atoms with Crippen molar-refractivity contribution in [3.05, 3.63) is 35.4 Å². The number of alkyl halides is 3. The van der Waals surface area contributed by atoms with Crippen LogP contribution in [-0.2, 0) is 11.0 Å². The summed E-state index contributed by atoms with van der Waals surface area (Å²) in [5.41, 5.74) is 4.94. The highest BCUT2D eigenvalue weighted by Gasteiger charge is 2.36.